The standard InChI is InChI=1S/C19H22N2O5/c1-24-17-11-15(7-8-20-17)18(22)21-9-10-25-13-19(23,12-21)14-26-16-5-3-2-4-6-16/h2-8,11,23H,9-10,12-14H2,1H3. The number of amides is 1. The molecule has 1 aromatic heterocycles. The summed E-state index contributed by atoms with van der Waals surface area (Å²) >= 11 is 0. The van der Waals surface area contributed by atoms with E-state index in [-0.39, 0.29) is 25.7 Å². The first-order valence-corrected chi connectivity index (χ1v) is 8.37. The minimum absolute atomic E-state index is 0.0282. The Labute approximate surface area is 152 Å². The van der Waals surface area contributed by atoms with Gasteiger partial charge in [-0.15, -0.1) is 0 Å². The van der Waals surface area contributed by atoms with Crippen molar-refractivity contribution in [1.82, 2.24) is 9.88 Å². The molecule has 1 aromatic carbocycles. The van der Waals surface area contributed by atoms with E-state index in [0.717, 1.165) is 0 Å². The van der Waals surface area contributed by atoms with E-state index >= 15 is 0 Å². The van der Waals surface area contributed by atoms with Crippen molar-refractivity contribution in [2.75, 3.05) is 40.0 Å². The average molecular weight is 358 g/mol. The SMILES string of the molecule is COc1cc(C(=O)N2CCOCC(O)(COc3ccccc3)C2)ccn1. The van der Waals surface area contributed by atoms with Gasteiger partial charge in [-0.25, -0.2) is 4.98 Å². The lowest BCUT2D eigenvalue weighted by atomic mass is 10.1. The molecule has 2 heterocycles. The van der Waals surface area contributed by atoms with Crippen molar-refractivity contribution in [3.05, 3.63) is 54.2 Å². The topological polar surface area (TPSA) is 81.1 Å². The minimum atomic E-state index is -1.29. The second-order valence-electron chi connectivity index (χ2n) is 6.19. The Kier molecular flexibility index (Phi) is 5.70. The molecule has 1 saturated heterocycles. The number of β-amino-alcohol motifs (C(OH)–C–C–N with tert-alkyl or cyclic N) is 1. The third-order valence-electron chi connectivity index (χ3n) is 4.09. The van der Waals surface area contributed by atoms with Crippen LogP contribution in [-0.4, -0.2) is 66.5 Å². The summed E-state index contributed by atoms with van der Waals surface area (Å²) in [6.07, 6.45) is 1.52. The number of pyridine rings is 1. The highest BCUT2D eigenvalue weighted by atomic mass is 16.5. The van der Waals surface area contributed by atoms with Crippen LogP contribution < -0.4 is 9.47 Å². The number of carbonyl (C=O) groups is 1. The van der Waals surface area contributed by atoms with Crippen molar-refractivity contribution >= 4 is 5.91 Å². The van der Waals surface area contributed by atoms with Gasteiger partial charge in [-0.2, -0.15) is 0 Å². The van der Waals surface area contributed by atoms with Crippen LogP contribution in [0.3, 0.4) is 0 Å². The van der Waals surface area contributed by atoms with Gasteiger partial charge in [0, 0.05) is 24.4 Å². The van der Waals surface area contributed by atoms with Gasteiger partial charge in [0.05, 0.1) is 26.9 Å². The first kappa shape index (κ1) is 18.2. The fourth-order valence-corrected chi connectivity index (χ4v) is 2.75. The van der Waals surface area contributed by atoms with Crippen LogP contribution in [0.5, 0.6) is 11.6 Å². The highest BCUT2D eigenvalue weighted by molar-refractivity contribution is 5.94. The van der Waals surface area contributed by atoms with Crippen LogP contribution in [0.1, 0.15) is 10.4 Å². The van der Waals surface area contributed by atoms with Crippen molar-refractivity contribution in [3.8, 4) is 11.6 Å². The molecule has 138 valence electrons. The second-order valence-corrected chi connectivity index (χ2v) is 6.19. The van der Waals surface area contributed by atoms with E-state index in [9.17, 15) is 9.90 Å². The number of nitrogens with zero attached hydrogens (tertiary/aromatic N) is 2. The fraction of sp³-hybridized carbons (Fsp3) is 0.368. The highest BCUT2D eigenvalue weighted by Gasteiger charge is 2.35. The first-order chi connectivity index (χ1) is 12.6. The number of hydrogen-bond acceptors (Lipinski definition) is 6. The molecule has 2 aromatic rings. The van der Waals surface area contributed by atoms with Crippen molar-refractivity contribution in [3.63, 3.8) is 0 Å². The zero-order chi connectivity index (χ0) is 18.4. The van der Waals surface area contributed by atoms with E-state index < -0.39 is 5.60 Å². The maximum absolute atomic E-state index is 12.8. The van der Waals surface area contributed by atoms with Crippen LogP contribution in [0.4, 0.5) is 0 Å². The predicted molar refractivity (Wildman–Crippen MR) is 94.4 cm³/mol. The zero-order valence-electron chi connectivity index (χ0n) is 14.6. The van der Waals surface area contributed by atoms with Gasteiger partial charge in [0.1, 0.15) is 18.0 Å². The summed E-state index contributed by atoms with van der Waals surface area (Å²) < 4.78 is 16.2. The largest absolute Gasteiger partial charge is 0.490 e. The molecular formula is C19H22N2O5. The Balaban J connectivity index is 1.70. The van der Waals surface area contributed by atoms with E-state index in [0.29, 0.717) is 30.3 Å². The molecule has 7 nitrogen and oxygen atoms in total. The van der Waals surface area contributed by atoms with Gasteiger partial charge >= 0.3 is 0 Å². The molecule has 3 rings (SSSR count). The molecule has 0 bridgehead atoms. The Morgan fingerprint density at radius 1 is 1.35 bits per heavy atom. The van der Waals surface area contributed by atoms with E-state index in [1.54, 1.807) is 17.0 Å². The number of hydrogen-bond donors (Lipinski definition) is 1. The van der Waals surface area contributed by atoms with Gasteiger partial charge in [0.25, 0.3) is 5.91 Å². The number of rotatable bonds is 5. The van der Waals surface area contributed by atoms with Crippen LogP contribution in [0.15, 0.2) is 48.7 Å². The Morgan fingerprint density at radius 2 is 2.15 bits per heavy atom. The summed E-state index contributed by atoms with van der Waals surface area (Å²) in [6.45, 7) is 0.978. The number of methoxy groups -OCH3 is 1. The van der Waals surface area contributed by atoms with Crippen LogP contribution in [-0.2, 0) is 4.74 Å². The third kappa shape index (κ3) is 4.50. The van der Waals surface area contributed by atoms with E-state index in [4.69, 9.17) is 14.2 Å². The molecule has 0 radical (unpaired) electrons. The van der Waals surface area contributed by atoms with Gasteiger partial charge in [0.2, 0.25) is 5.88 Å². The Hall–Kier alpha value is -2.64. The lowest BCUT2D eigenvalue weighted by Crippen LogP contribution is -2.50. The number of para-hydroxylation sites is 1. The summed E-state index contributed by atoms with van der Waals surface area (Å²) in [5, 5.41) is 10.9. The molecule has 1 atom stereocenters. The maximum atomic E-state index is 12.8. The van der Waals surface area contributed by atoms with E-state index in [1.165, 1.54) is 13.3 Å². The quantitative estimate of drug-likeness (QED) is 0.870. The molecular weight excluding hydrogens is 336 g/mol. The summed E-state index contributed by atoms with van der Waals surface area (Å²) in [5.74, 6) is 0.806. The minimum Gasteiger partial charge on any atom is -0.490 e. The normalized spacial score (nSPS) is 20.3. The lowest BCUT2D eigenvalue weighted by Gasteiger charge is -2.30. The van der Waals surface area contributed by atoms with Crippen molar-refractivity contribution in [2.24, 2.45) is 0 Å². The first-order valence-electron chi connectivity index (χ1n) is 8.37. The summed E-state index contributed by atoms with van der Waals surface area (Å²) in [4.78, 5) is 18.4. The summed E-state index contributed by atoms with van der Waals surface area (Å²) in [7, 11) is 1.50. The Morgan fingerprint density at radius 3 is 2.92 bits per heavy atom. The summed E-state index contributed by atoms with van der Waals surface area (Å²) in [6, 6.07) is 12.4. The molecule has 1 N–H and O–H groups in total. The molecule has 1 aliphatic heterocycles. The van der Waals surface area contributed by atoms with Gasteiger partial charge in [-0.05, 0) is 18.2 Å². The molecule has 1 amide bonds. The highest BCUT2D eigenvalue weighted by Crippen LogP contribution is 2.19. The average Bonchev–Trinajstić information content (AvgIpc) is 2.89. The van der Waals surface area contributed by atoms with Crippen LogP contribution in [0.25, 0.3) is 0 Å². The fourth-order valence-electron chi connectivity index (χ4n) is 2.75. The number of benzene rings is 1. The molecule has 7 heteroatoms. The molecule has 0 aliphatic carbocycles. The van der Waals surface area contributed by atoms with Gasteiger partial charge in [-0.1, -0.05) is 18.2 Å². The zero-order valence-corrected chi connectivity index (χ0v) is 14.6. The number of aromatic nitrogens is 1. The van der Waals surface area contributed by atoms with Crippen LogP contribution in [0.2, 0.25) is 0 Å². The lowest BCUT2D eigenvalue weighted by molar-refractivity contribution is -0.0621. The number of aliphatic hydroxyl groups is 1. The second kappa shape index (κ2) is 8.16. The van der Waals surface area contributed by atoms with Gasteiger partial charge in [-0.3, -0.25) is 4.79 Å². The molecule has 26 heavy (non-hydrogen) atoms. The number of carbonyl (C=O) groups excluding carboxylic acids is 1. The molecule has 1 fully saturated rings. The Bertz CT molecular complexity index is 740. The van der Waals surface area contributed by atoms with Crippen LogP contribution in [0, 0.1) is 0 Å². The molecule has 1 unspecified atom stereocenters. The van der Waals surface area contributed by atoms with Crippen molar-refractivity contribution < 1.29 is 24.1 Å². The molecule has 1 aliphatic rings. The van der Waals surface area contributed by atoms with Gasteiger partial charge < -0.3 is 24.2 Å². The van der Waals surface area contributed by atoms with E-state index in [1.807, 2.05) is 30.3 Å². The summed E-state index contributed by atoms with van der Waals surface area (Å²) in [5.41, 5.74) is -0.843. The van der Waals surface area contributed by atoms with Gasteiger partial charge in [0.15, 0.2) is 0 Å². The third-order valence-corrected chi connectivity index (χ3v) is 4.09. The van der Waals surface area contributed by atoms with E-state index in [2.05, 4.69) is 4.98 Å². The molecule has 0 saturated carbocycles. The van der Waals surface area contributed by atoms with Crippen LogP contribution >= 0.6 is 0 Å². The molecule has 0 spiro atoms. The smallest absolute Gasteiger partial charge is 0.254 e. The maximum Gasteiger partial charge on any atom is 0.254 e. The monoisotopic (exact) mass is 358 g/mol. The van der Waals surface area contributed by atoms with Crippen molar-refractivity contribution in [1.29, 1.82) is 0 Å². The van der Waals surface area contributed by atoms with Crippen molar-refractivity contribution in [2.45, 2.75) is 5.60 Å². The predicted octanol–water partition coefficient (Wildman–Crippen LogP) is 1.37. The number of ether oxygens (including phenoxy) is 3.